The lowest BCUT2D eigenvalue weighted by molar-refractivity contribution is -0.121. The van der Waals surface area contributed by atoms with E-state index in [-0.39, 0.29) is 5.91 Å². The van der Waals surface area contributed by atoms with E-state index in [1.54, 1.807) is 0 Å². The molecule has 2 nitrogen and oxygen atoms in total. The number of carbonyl (C=O) groups is 1. The summed E-state index contributed by atoms with van der Waals surface area (Å²) in [4.78, 5) is 11.2. The number of amides is 1. The van der Waals surface area contributed by atoms with Crippen LogP contribution >= 0.6 is 0 Å². The fraction of sp³-hybridized carbons (Fsp3) is 0.562. The second-order valence-corrected chi connectivity index (χ2v) is 4.71. The van der Waals surface area contributed by atoms with E-state index in [0.717, 1.165) is 13.0 Å². The molecule has 0 aromatic heterocycles. The maximum Gasteiger partial charge on any atom is 0.219 e. The van der Waals surface area contributed by atoms with E-state index in [4.69, 9.17) is 0 Å². The highest BCUT2D eigenvalue weighted by atomic mass is 16.1. The minimum absolute atomic E-state index is 0.196. The van der Waals surface area contributed by atoms with Crippen LogP contribution in [0.3, 0.4) is 0 Å². The van der Waals surface area contributed by atoms with Gasteiger partial charge < -0.3 is 5.32 Å². The van der Waals surface area contributed by atoms with Crippen LogP contribution in [-0.2, 0) is 11.2 Å². The van der Waals surface area contributed by atoms with Gasteiger partial charge >= 0.3 is 0 Å². The minimum Gasteiger partial charge on any atom is -0.356 e. The van der Waals surface area contributed by atoms with Gasteiger partial charge in [0.2, 0.25) is 5.91 Å². The van der Waals surface area contributed by atoms with Gasteiger partial charge in [0, 0.05) is 13.0 Å². The van der Waals surface area contributed by atoms with Gasteiger partial charge in [-0.05, 0) is 31.7 Å². The molecule has 1 amide bonds. The Morgan fingerprint density at radius 3 is 2.39 bits per heavy atom. The number of unbranched alkanes of at least 4 members (excludes halogenated alkanes) is 4. The van der Waals surface area contributed by atoms with E-state index in [1.807, 2.05) is 6.92 Å². The first kappa shape index (κ1) is 14.7. The predicted octanol–water partition coefficient (Wildman–Crippen LogP) is 3.71. The van der Waals surface area contributed by atoms with Crippen molar-refractivity contribution in [1.82, 2.24) is 5.32 Å². The highest BCUT2D eigenvalue weighted by molar-refractivity contribution is 5.75. The van der Waals surface area contributed by atoms with Crippen molar-refractivity contribution < 1.29 is 4.79 Å². The predicted molar refractivity (Wildman–Crippen MR) is 76.5 cm³/mol. The first-order chi connectivity index (χ1) is 8.83. The smallest absolute Gasteiger partial charge is 0.219 e. The molecule has 0 aliphatic heterocycles. The molecule has 1 rings (SSSR count). The third-order valence-corrected chi connectivity index (χ3v) is 3.09. The zero-order chi connectivity index (χ0) is 13.1. The zero-order valence-corrected chi connectivity index (χ0v) is 11.5. The molecule has 0 heterocycles. The number of nitrogens with one attached hydrogen (secondary N) is 1. The van der Waals surface area contributed by atoms with E-state index < -0.39 is 0 Å². The Morgan fingerprint density at radius 2 is 1.67 bits per heavy atom. The fourth-order valence-electron chi connectivity index (χ4n) is 2.08. The summed E-state index contributed by atoms with van der Waals surface area (Å²) in [7, 11) is 0. The van der Waals surface area contributed by atoms with Gasteiger partial charge in [-0.2, -0.15) is 0 Å². The molecule has 1 aromatic carbocycles. The van der Waals surface area contributed by atoms with Gasteiger partial charge in [-0.3, -0.25) is 4.79 Å². The highest BCUT2D eigenvalue weighted by Crippen LogP contribution is 2.09. The quantitative estimate of drug-likeness (QED) is 0.662. The Bertz CT molecular complexity index is 321. The number of hydrogen-bond acceptors (Lipinski definition) is 1. The van der Waals surface area contributed by atoms with Crippen LogP contribution in [0.25, 0.3) is 0 Å². The van der Waals surface area contributed by atoms with Crippen molar-refractivity contribution in [2.45, 2.75) is 51.9 Å². The Hall–Kier alpha value is -1.31. The summed E-state index contributed by atoms with van der Waals surface area (Å²) >= 11 is 0. The van der Waals surface area contributed by atoms with Crippen LogP contribution in [0.1, 0.15) is 51.0 Å². The summed E-state index contributed by atoms with van der Waals surface area (Å²) in [6.45, 7) is 2.71. The molecule has 0 saturated heterocycles. The second kappa shape index (κ2) is 9.69. The van der Waals surface area contributed by atoms with Crippen LogP contribution in [0.4, 0.5) is 0 Å². The summed E-state index contributed by atoms with van der Waals surface area (Å²) in [6.07, 6.45) is 7.83. The van der Waals surface area contributed by atoms with Crippen LogP contribution < -0.4 is 5.32 Å². The molecule has 18 heavy (non-hydrogen) atoms. The topological polar surface area (TPSA) is 29.1 Å². The van der Waals surface area contributed by atoms with Crippen molar-refractivity contribution in [3.05, 3.63) is 35.9 Å². The molecule has 0 fully saturated rings. The molecule has 0 bridgehead atoms. The lowest BCUT2D eigenvalue weighted by Gasteiger charge is -2.03. The van der Waals surface area contributed by atoms with Crippen molar-refractivity contribution in [2.24, 2.45) is 0 Å². The van der Waals surface area contributed by atoms with Crippen molar-refractivity contribution in [2.75, 3.05) is 6.54 Å². The van der Waals surface area contributed by atoms with E-state index in [0.29, 0.717) is 6.42 Å². The van der Waals surface area contributed by atoms with Gasteiger partial charge in [0.1, 0.15) is 0 Å². The molecular formula is C16H25NO. The molecule has 100 valence electrons. The largest absolute Gasteiger partial charge is 0.356 e. The van der Waals surface area contributed by atoms with Crippen LogP contribution in [-0.4, -0.2) is 12.5 Å². The zero-order valence-electron chi connectivity index (χ0n) is 11.5. The molecule has 1 aromatic rings. The number of rotatable bonds is 9. The van der Waals surface area contributed by atoms with Gasteiger partial charge in [0.05, 0.1) is 0 Å². The van der Waals surface area contributed by atoms with Crippen LogP contribution in [0.2, 0.25) is 0 Å². The minimum atomic E-state index is 0.196. The van der Waals surface area contributed by atoms with Crippen molar-refractivity contribution in [1.29, 1.82) is 0 Å². The van der Waals surface area contributed by atoms with Gasteiger partial charge in [-0.1, -0.05) is 49.6 Å². The Morgan fingerprint density at radius 1 is 1.00 bits per heavy atom. The normalized spacial score (nSPS) is 10.3. The molecule has 1 N–H and O–H groups in total. The van der Waals surface area contributed by atoms with Gasteiger partial charge in [0.15, 0.2) is 0 Å². The molecule has 0 unspecified atom stereocenters. The first-order valence-electron chi connectivity index (χ1n) is 7.13. The Balaban J connectivity index is 1.92. The molecule has 0 aliphatic rings. The Kier molecular flexibility index (Phi) is 7.94. The molecule has 2 heteroatoms. The van der Waals surface area contributed by atoms with Crippen LogP contribution in [0, 0.1) is 0 Å². The summed E-state index contributed by atoms with van der Waals surface area (Å²) in [6, 6.07) is 10.6. The van der Waals surface area contributed by atoms with Crippen molar-refractivity contribution >= 4 is 5.91 Å². The maximum absolute atomic E-state index is 11.2. The van der Waals surface area contributed by atoms with E-state index in [1.165, 1.54) is 37.7 Å². The number of hydrogen-bond donors (Lipinski definition) is 1. The fourth-order valence-corrected chi connectivity index (χ4v) is 2.08. The standard InChI is InChI=1S/C16H25NO/c1-2-17-16(18)14-10-5-3-4-7-11-15-12-8-6-9-13-15/h6,8-9,12-13H,2-5,7,10-11,14H2,1H3,(H,17,18). The molecule has 0 radical (unpaired) electrons. The third-order valence-electron chi connectivity index (χ3n) is 3.09. The van der Waals surface area contributed by atoms with Gasteiger partial charge in [-0.25, -0.2) is 0 Å². The summed E-state index contributed by atoms with van der Waals surface area (Å²) in [5, 5.41) is 2.83. The number of aryl methyl sites for hydroxylation is 1. The second-order valence-electron chi connectivity index (χ2n) is 4.71. The monoisotopic (exact) mass is 247 g/mol. The van der Waals surface area contributed by atoms with Crippen molar-refractivity contribution in [3.63, 3.8) is 0 Å². The summed E-state index contributed by atoms with van der Waals surface area (Å²) in [5.41, 5.74) is 1.43. The third kappa shape index (κ3) is 7.10. The Labute approximate surface area is 111 Å². The molecule has 0 aliphatic carbocycles. The van der Waals surface area contributed by atoms with Crippen LogP contribution in [0.15, 0.2) is 30.3 Å². The summed E-state index contributed by atoms with van der Waals surface area (Å²) in [5.74, 6) is 0.196. The van der Waals surface area contributed by atoms with E-state index >= 15 is 0 Å². The first-order valence-corrected chi connectivity index (χ1v) is 7.13. The summed E-state index contributed by atoms with van der Waals surface area (Å²) < 4.78 is 0. The van der Waals surface area contributed by atoms with Gasteiger partial charge in [0.25, 0.3) is 0 Å². The van der Waals surface area contributed by atoms with E-state index in [9.17, 15) is 4.79 Å². The molecule has 0 saturated carbocycles. The van der Waals surface area contributed by atoms with Crippen molar-refractivity contribution in [3.8, 4) is 0 Å². The highest BCUT2D eigenvalue weighted by Gasteiger charge is 1.98. The molecular weight excluding hydrogens is 222 g/mol. The molecule has 0 spiro atoms. The maximum atomic E-state index is 11.2. The average molecular weight is 247 g/mol. The lowest BCUT2D eigenvalue weighted by Crippen LogP contribution is -2.21. The number of carbonyl (C=O) groups excluding carboxylic acids is 1. The lowest BCUT2D eigenvalue weighted by atomic mass is 10.0. The average Bonchev–Trinajstić information content (AvgIpc) is 2.39. The van der Waals surface area contributed by atoms with Crippen LogP contribution in [0.5, 0.6) is 0 Å². The SMILES string of the molecule is CCNC(=O)CCCCCCCc1ccccc1. The van der Waals surface area contributed by atoms with Gasteiger partial charge in [-0.15, -0.1) is 0 Å². The molecule has 0 atom stereocenters. The number of benzene rings is 1. The van der Waals surface area contributed by atoms with E-state index in [2.05, 4.69) is 35.6 Å².